The Morgan fingerprint density at radius 3 is 2.43 bits per heavy atom. The normalized spacial score (nSPS) is 13.2. The first-order chi connectivity index (χ1) is 6.63. The lowest BCUT2D eigenvalue weighted by Crippen LogP contribution is -1.97. The molecule has 0 fully saturated rings. The summed E-state index contributed by atoms with van der Waals surface area (Å²) in [4.78, 5) is 0. The lowest BCUT2D eigenvalue weighted by Gasteiger charge is -2.11. The molecule has 1 unspecified atom stereocenters. The molecule has 0 aliphatic heterocycles. The third-order valence-corrected chi connectivity index (χ3v) is 2.78. The molecule has 0 aromatic heterocycles. The Bertz CT molecular complexity index is 273. The van der Waals surface area contributed by atoms with Gasteiger partial charge in [-0.2, -0.15) is 0 Å². The Balaban J connectivity index is 2.78. The molecular weight excluding hydrogens is 168 g/mol. The van der Waals surface area contributed by atoms with E-state index in [0.29, 0.717) is 5.92 Å². The van der Waals surface area contributed by atoms with E-state index in [1.54, 1.807) is 0 Å². The van der Waals surface area contributed by atoms with Gasteiger partial charge in [0.15, 0.2) is 0 Å². The van der Waals surface area contributed by atoms with Gasteiger partial charge in [0, 0.05) is 0 Å². The first-order valence-electron chi connectivity index (χ1n) is 5.72. The summed E-state index contributed by atoms with van der Waals surface area (Å²) in [5.41, 5.74) is 2.98. The predicted molar refractivity (Wildman–Crippen MR) is 63.7 cm³/mol. The Kier molecular flexibility index (Phi) is 4.19. The van der Waals surface area contributed by atoms with Gasteiger partial charge in [-0.3, -0.25) is 0 Å². The van der Waals surface area contributed by atoms with Gasteiger partial charge >= 0.3 is 0 Å². The van der Waals surface area contributed by atoms with Crippen LogP contribution in [0.15, 0.2) is 24.3 Å². The summed E-state index contributed by atoms with van der Waals surface area (Å²) in [7, 11) is 0. The number of hydrogen-bond acceptors (Lipinski definition) is 0. The van der Waals surface area contributed by atoms with Crippen LogP contribution in [0.25, 0.3) is 0 Å². The van der Waals surface area contributed by atoms with Crippen LogP contribution in [0.5, 0.6) is 0 Å². The number of rotatable bonds is 4. The Morgan fingerprint density at radius 2 is 1.86 bits per heavy atom. The number of benzene rings is 1. The molecule has 1 atom stereocenters. The second-order valence-corrected chi connectivity index (χ2v) is 4.65. The molecule has 0 amide bonds. The van der Waals surface area contributed by atoms with Crippen molar-refractivity contribution in [1.82, 2.24) is 0 Å². The molecule has 14 heavy (non-hydrogen) atoms. The Morgan fingerprint density at radius 1 is 1.14 bits per heavy atom. The molecule has 0 N–H and O–H groups in total. The zero-order valence-corrected chi connectivity index (χ0v) is 9.88. The van der Waals surface area contributed by atoms with Crippen LogP contribution in [0.2, 0.25) is 0 Å². The quantitative estimate of drug-likeness (QED) is 0.660. The minimum Gasteiger partial charge on any atom is -0.0648 e. The Hall–Kier alpha value is -0.780. The van der Waals surface area contributed by atoms with Crippen molar-refractivity contribution in [2.24, 2.45) is 5.92 Å². The third kappa shape index (κ3) is 3.17. The summed E-state index contributed by atoms with van der Waals surface area (Å²) in [6.07, 6.45) is 2.43. The second kappa shape index (κ2) is 5.19. The maximum atomic E-state index is 2.37. The van der Waals surface area contributed by atoms with Crippen molar-refractivity contribution in [2.45, 2.75) is 46.5 Å². The fourth-order valence-electron chi connectivity index (χ4n) is 1.73. The average Bonchev–Trinajstić information content (AvgIpc) is 2.16. The van der Waals surface area contributed by atoms with Crippen LogP contribution >= 0.6 is 0 Å². The van der Waals surface area contributed by atoms with E-state index in [9.17, 15) is 0 Å². The highest BCUT2D eigenvalue weighted by atomic mass is 14.1. The van der Waals surface area contributed by atoms with E-state index < -0.39 is 0 Å². The van der Waals surface area contributed by atoms with Gasteiger partial charge in [0.05, 0.1) is 0 Å². The van der Waals surface area contributed by atoms with Crippen LogP contribution < -0.4 is 0 Å². The van der Waals surface area contributed by atoms with Gasteiger partial charge in [-0.1, -0.05) is 52.0 Å². The van der Waals surface area contributed by atoms with Gasteiger partial charge < -0.3 is 0 Å². The monoisotopic (exact) mass is 190 g/mol. The maximum absolute atomic E-state index is 2.37. The third-order valence-electron chi connectivity index (χ3n) is 2.78. The summed E-state index contributed by atoms with van der Waals surface area (Å²) < 4.78 is 0. The smallest absolute Gasteiger partial charge is 0.0193 e. The molecular formula is C14H22. The van der Waals surface area contributed by atoms with Gasteiger partial charge in [-0.25, -0.2) is 0 Å². The molecule has 78 valence electrons. The average molecular weight is 190 g/mol. The summed E-state index contributed by atoms with van der Waals surface area (Å²) in [5.74, 6) is 1.45. The van der Waals surface area contributed by atoms with Crippen molar-refractivity contribution < 1.29 is 0 Å². The SMILES string of the molecule is CCC(C)c1cccc(CC(C)C)c1. The molecule has 1 aromatic carbocycles. The van der Waals surface area contributed by atoms with E-state index in [2.05, 4.69) is 52.0 Å². The molecule has 0 radical (unpaired) electrons. The zero-order valence-electron chi connectivity index (χ0n) is 9.88. The minimum absolute atomic E-state index is 0.696. The topological polar surface area (TPSA) is 0 Å². The molecule has 0 saturated carbocycles. The molecule has 0 aliphatic rings. The van der Waals surface area contributed by atoms with Gasteiger partial charge in [0.2, 0.25) is 0 Å². The van der Waals surface area contributed by atoms with Crippen molar-refractivity contribution in [3.05, 3.63) is 35.4 Å². The van der Waals surface area contributed by atoms with E-state index in [1.807, 2.05) is 0 Å². The van der Waals surface area contributed by atoms with Gasteiger partial charge in [-0.05, 0) is 35.8 Å². The van der Waals surface area contributed by atoms with Gasteiger partial charge in [0.25, 0.3) is 0 Å². The van der Waals surface area contributed by atoms with Crippen LogP contribution in [0.4, 0.5) is 0 Å². The molecule has 1 aromatic rings. The summed E-state index contributed by atoms with van der Waals surface area (Å²) >= 11 is 0. The minimum atomic E-state index is 0.696. The molecule has 0 spiro atoms. The van der Waals surface area contributed by atoms with E-state index in [-0.39, 0.29) is 0 Å². The first kappa shape index (κ1) is 11.3. The van der Waals surface area contributed by atoms with Crippen LogP contribution in [-0.4, -0.2) is 0 Å². The molecule has 1 rings (SSSR count). The largest absolute Gasteiger partial charge is 0.0648 e. The molecule has 0 aliphatic carbocycles. The van der Waals surface area contributed by atoms with E-state index in [0.717, 1.165) is 5.92 Å². The number of hydrogen-bond donors (Lipinski definition) is 0. The van der Waals surface area contributed by atoms with Crippen molar-refractivity contribution in [3.8, 4) is 0 Å². The van der Waals surface area contributed by atoms with Crippen LogP contribution in [0, 0.1) is 5.92 Å². The molecule has 0 saturated heterocycles. The zero-order chi connectivity index (χ0) is 10.6. The fourth-order valence-corrected chi connectivity index (χ4v) is 1.73. The lowest BCUT2D eigenvalue weighted by molar-refractivity contribution is 0.644. The van der Waals surface area contributed by atoms with Crippen LogP contribution in [0.3, 0.4) is 0 Å². The van der Waals surface area contributed by atoms with E-state index >= 15 is 0 Å². The van der Waals surface area contributed by atoms with Crippen molar-refractivity contribution in [3.63, 3.8) is 0 Å². The molecule has 0 bridgehead atoms. The maximum Gasteiger partial charge on any atom is -0.0193 e. The highest BCUT2D eigenvalue weighted by Gasteiger charge is 2.04. The predicted octanol–water partition coefficient (Wildman–Crippen LogP) is 4.40. The second-order valence-electron chi connectivity index (χ2n) is 4.65. The highest BCUT2D eigenvalue weighted by molar-refractivity contribution is 5.26. The van der Waals surface area contributed by atoms with Crippen molar-refractivity contribution >= 4 is 0 Å². The highest BCUT2D eigenvalue weighted by Crippen LogP contribution is 2.20. The summed E-state index contributed by atoms with van der Waals surface area (Å²) in [5, 5.41) is 0. The van der Waals surface area contributed by atoms with Crippen LogP contribution in [-0.2, 0) is 6.42 Å². The van der Waals surface area contributed by atoms with Gasteiger partial charge in [-0.15, -0.1) is 0 Å². The molecule has 0 heteroatoms. The van der Waals surface area contributed by atoms with E-state index in [4.69, 9.17) is 0 Å². The van der Waals surface area contributed by atoms with Crippen molar-refractivity contribution in [2.75, 3.05) is 0 Å². The molecule has 0 nitrogen and oxygen atoms in total. The van der Waals surface area contributed by atoms with Crippen molar-refractivity contribution in [1.29, 1.82) is 0 Å². The van der Waals surface area contributed by atoms with Gasteiger partial charge in [0.1, 0.15) is 0 Å². The Labute approximate surface area is 88.4 Å². The fraction of sp³-hybridized carbons (Fsp3) is 0.571. The van der Waals surface area contributed by atoms with E-state index in [1.165, 1.54) is 24.0 Å². The lowest BCUT2D eigenvalue weighted by atomic mass is 9.94. The summed E-state index contributed by atoms with van der Waals surface area (Å²) in [6.45, 7) is 9.10. The molecule has 0 heterocycles. The summed E-state index contributed by atoms with van der Waals surface area (Å²) in [6, 6.07) is 9.05. The standard InChI is InChI=1S/C14H22/c1-5-12(4)14-8-6-7-13(10-14)9-11(2)3/h6-8,10-12H,5,9H2,1-4H3. The van der Waals surface area contributed by atoms with Crippen LogP contribution in [0.1, 0.15) is 51.2 Å². The first-order valence-corrected chi connectivity index (χ1v) is 5.72.